The quantitative estimate of drug-likeness (QED) is 0.629. The Hall–Kier alpha value is -2.45. The number of carbonyl (C=O) groups is 1. The number of benzene rings is 1. The lowest BCUT2D eigenvalue weighted by atomic mass is 9.97. The van der Waals surface area contributed by atoms with E-state index in [0.717, 1.165) is 16.5 Å². The molecule has 2 atom stereocenters. The van der Waals surface area contributed by atoms with Gasteiger partial charge in [-0.25, -0.2) is 4.79 Å². The maximum absolute atomic E-state index is 11.9. The van der Waals surface area contributed by atoms with Crippen molar-refractivity contribution in [2.75, 3.05) is 6.61 Å². The minimum absolute atomic E-state index is 0.218. The van der Waals surface area contributed by atoms with Gasteiger partial charge < -0.3 is 9.47 Å². The molecule has 5 heteroatoms. The fraction of sp³-hybridized carbons (Fsp3) is 0.267. The van der Waals surface area contributed by atoms with Gasteiger partial charge in [0.2, 0.25) is 0 Å². The van der Waals surface area contributed by atoms with Gasteiger partial charge in [-0.3, -0.25) is 4.98 Å². The predicted octanol–water partition coefficient (Wildman–Crippen LogP) is 2.13. The maximum atomic E-state index is 11.9. The second-order valence-corrected chi connectivity index (χ2v) is 4.48. The van der Waals surface area contributed by atoms with Crippen LogP contribution in [0, 0.1) is 11.3 Å². The van der Waals surface area contributed by atoms with Gasteiger partial charge in [-0.15, -0.1) is 0 Å². The molecule has 2 heterocycles. The highest BCUT2D eigenvalue weighted by Crippen LogP contribution is 2.51. The highest BCUT2D eigenvalue weighted by Gasteiger charge is 2.66. The summed E-state index contributed by atoms with van der Waals surface area (Å²) >= 11 is 0. The van der Waals surface area contributed by atoms with Gasteiger partial charge in [-0.05, 0) is 24.6 Å². The van der Waals surface area contributed by atoms with Crippen molar-refractivity contribution in [1.82, 2.24) is 4.98 Å². The van der Waals surface area contributed by atoms with Crippen LogP contribution in [0.1, 0.15) is 18.6 Å². The zero-order chi connectivity index (χ0) is 14.2. The van der Waals surface area contributed by atoms with Crippen LogP contribution in [-0.4, -0.2) is 23.2 Å². The molecular formula is C15H12N2O3. The maximum Gasteiger partial charge on any atom is 0.356 e. The first-order chi connectivity index (χ1) is 9.73. The molecule has 100 valence electrons. The number of ether oxygens (including phenoxy) is 2. The first kappa shape index (κ1) is 12.6. The summed E-state index contributed by atoms with van der Waals surface area (Å²) in [7, 11) is 0. The summed E-state index contributed by atoms with van der Waals surface area (Å²) in [6, 6.07) is 11.2. The van der Waals surface area contributed by atoms with Crippen LogP contribution in [0.3, 0.4) is 0 Å². The summed E-state index contributed by atoms with van der Waals surface area (Å²) in [6.07, 6.45) is 1.10. The second-order valence-electron chi connectivity index (χ2n) is 4.48. The SMILES string of the molecule is CCOC(=O)C1(C#N)OC1c1cccc2ncccc12. The van der Waals surface area contributed by atoms with Crippen LogP contribution in [0.15, 0.2) is 36.5 Å². The molecule has 3 rings (SSSR count). The summed E-state index contributed by atoms with van der Waals surface area (Å²) in [5, 5.41) is 10.1. The molecule has 0 aliphatic carbocycles. The van der Waals surface area contributed by atoms with Crippen LogP contribution in [-0.2, 0) is 14.3 Å². The van der Waals surface area contributed by atoms with Crippen LogP contribution in [0.2, 0.25) is 0 Å². The Labute approximate surface area is 115 Å². The first-order valence-corrected chi connectivity index (χ1v) is 6.33. The Morgan fingerprint density at radius 1 is 1.50 bits per heavy atom. The molecule has 20 heavy (non-hydrogen) atoms. The number of nitrogens with zero attached hydrogens (tertiary/aromatic N) is 2. The topological polar surface area (TPSA) is 75.5 Å². The number of fused-ring (bicyclic) bond motifs is 1. The molecule has 1 fully saturated rings. The van der Waals surface area contributed by atoms with Crippen molar-refractivity contribution in [3.05, 3.63) is 42.1 Å². The average Bonchev–Trinajstić information content (AvgIpc) is 3.23. The summed E-state index contributed by atoms with van der Waals surface area (Å²) in [5.74, 6) is -0.631. The van der Waals surface area contributed by atoms with Crippen molar-refractivity contribution in [2.45, 2.75) is 18.6 Å². The third-order valence-corrected chi connectivity index (χ3v) is 3.32. The summed E-state index contributed by atoms with van der Waals surface area (Å²) in [4.78, 5) is 16.1. The monoisotopic (exact) mass is 268 g/mol. The zero-order valence-electron chi connectivity index (χ0n) is 10.9. The van der Waals surface area contributed by atoms with E-state index in [-0.39, 0.29) is 6.61 Å². The van der Waals surface area contributed by atoms with Crippen molar-refractivity contribution >= 4 is 16.9 Å². The number of pyridine rings is 1. The molecule has 1 aliphatic rings. The van der Waals surface area contributed by atoms with Crippen LogP contribution < -0.4 is 0 Å². The molecule has 1 saturated heterocycles. The van der Waals surface area contributed by atoms with E-state index in [1.165, 1.54) is 0 Å². The van der Waals surface area contributed by atoms with E-state index < -0.39 is 17.7 Å². The van der Waals surface area contributed by atoms with Gasteiger partial charge in [-0.2, -0.15) is 5.26 Å². The highest BCUT2D eigenvalue weighted by molar-refractivity contribution is 5.90. The van der Waals surface area contributed by atoms with E-state index in [1.807, 2.05) is 36.4 Å². The van der Waals surface area contributed by atoms with Crippen molar-refractivity contribution in [2.24, 2.45) is 0 Å². The van der Waals surface area contributed by atoms with Gasteiger partial charge >= 0.3 is 5.97 Å². The predicted molar refractivity (Wildman–Crippen MR) is 70.5 cm³/mol. The highest BCUT2D eigenvalue weighted by atomic mass is 16.7. The molecule has 0 saturated carbocycles. The molecule has 1 aromatic carbocycles. The van der Waals surface area contributed by atoms with E-state index in [2.05, 4.69) is 4.98 Å². The van der Waals surface area contributed by atoms with Gasteiger partial charge in [0.1, 0.15) is 12.2 Å². The number of hydrogen-bond donors (Lipinski definition) is 0. The number of rotatable bonds is 3. The number of carbonyl (C=O) groups excluding carboxylic acids is 1. The Kier molecular flexibility index (Phi) is 2.88. The van der Waals surface area contributed by atoms with E-state index in [1.54, 1.807) is 13.1 Å². The molecule has 1 aliphatic heterocycles. The number of esters is 1. The number of epoxide rings is 1. The molecule has 0 radical (unpaired) electrons. The molecule has 0 bridgehead atoms. The van der Waals surface area contributed by atoms with Crippen molar-refractivity contribution in [1.29, 1.82) is 5.26 Å². The Morgan fingerprint density at radius 2 is 2.35 bits per heavy atom. The Bertz CT molecular complexity index is 717. The lowest BCUT2D eigenvalue weighted by molar-refractivity contribution is -0.147. The van der Waals surface area contributed by atoms with E-state index in [9.17, 15) is 10.1 Å². The van der Waals surface area contributed by atoms with Crippen LogP contribution in [0.5, 0.6) is 0 Å². The summed E-state index contributed by atoms with van der Waals surface area (Å²) in [6.45, 7) is 1.91. The molecular weight excluding hydrogens is 256 g/mol. The third-order valence-electron chi connectivity index (χ3n) is 3.32. The largest absolute Gasteiger partial charge is 0.463 e. The lowest BCUT2D eigenvalue weighted by Gasteiger charge is -2.05. The molecule has 0 N–H and O–H groups in total. The Morgan fingerprint density at radius 3 is 3.10 bits per heavy atom. The van der Waals surface area contributed by atoms with E-state index >= 15 is 0 Å². The van der Waals surface area contributed by atoms with Crippen molar-refractivity contribution in [3.63, 3.8) is 0 Å². The summed E-state index contributed by atoms with van der Waals surface area (Å²) in [5.41, 5.74) is 0.0709. The smallest absolute Gasteiger partial charge is 0.356 e. The zero-order valence-corrected chi connectivity index (χ0v) is 10.9. The standard InChI is InChI=1S/C15H12N2O3/c1-2-19-14(18)15(9-16)13(20-15)11-5-3-7-12-10(11)6-4-8-17-12/h3-8,13H,2H2,1H3. The fourth-order valence-electron chi connectivity index (χ4n) is 2.31. The van der Waals surface area contributed by atoms with Gasteiger partial charge in [-0.1, -0.05) is 18.2 Å². The molecule has 2 aromatic rings. The minimum Gasteiger partial charge on any atom is -0.463 e. The molecule has 0 amide bonds. The van der Waals surface area contributed by atoms with E-state index in [0.29, 0.717) is 0 Å². The Balaban J connectivity index is 2.02. The van der Waals surface area contributed by atoms with Crippen molar-refractivity contribution < 1.29 is 14.3 Å². The van der Waals surface area contributed by atoms with Gasteiger partial charge in [0.15, 0.2) is 0 Å². The first-order valence-electron chi connectivity index (χ1n) is 6.33. The third kappa shape index (κ3) is 1.74. The van der Waals surface area contributed by atoms with Crippen LogP contribution in [0.25, 0.3) is 10.9 Å². The molecule has 1 aromatic heterocycles. The number of aromatic nitrogens is 1. The average molecular weight is 268 g/mol. The van der Waals surface area contributed by atoms with E-state index in [4.69, 9.17) is 9.47 Å². The fourth-order valence-corrected chi connectivity index (χ4v) is 2.31. The van der Waals surface area contributed by atoms with Crippen LogP contribution in [0.4, 0.5) is 0 Å². The number of hydrogen-bond acceptors (Lipinski definition) is 5. The minimum atomic E-state index is -1.51. The van der Waals surface area contributed by atoms with Crippen LogP contribution >= 0.6 is 0 Å². The normalized spacial score (nSPS) is 24.1. The van der Waals surface area contributed by atoms with Gasteiger partial charge in [0.05, 0.1) is 12.1 Å². The summed E-state index contributed by atoms with van der Waals surface area (Å²) < 4.78 is 10.3. The second kappa shape index (κ2) is 4.58. The van der Waals surface area contributed by atoms with Gasteiger partial charge in [0.25, 0.3) is 5.60 Å². The van der Waals surface area contributed by atoms with Gasteiger partial charge in [0, 0.05) is 11.6 Å². The lowest BCUT2D eigenvalue weighted by Crippen LogP contribution is -2.26. The molecule has 5 nitrogen and oxygen atoms in total. The molecule has 0 spiro atoms. The molecule has 2 unspecified atom stereocenters. The van der Waals surface area contributed by atoms with Crippen molar-refractivity contribution in [3.8, 4) is 6.07 Å². The number of nitriles is 1.